The molecule has 1 aromatic heterocycles. The third-order valence-corrected chi connectivity index (χ3v) is 3.67. The lowest BCUT2D eigenvalue weighted by atomic mass is 10.1. The fourth-order valence-corrected chi connectivity index (χ4v) is 2.23. The molecular formula is C15H25NO3. The largest absolute Gasteiger partial charge is 0.475 e. The van der Waals surface area contributed by atoms with Crippen molar-refractivity contribution in [3.05, 3.63) is 23.7 Å². The van der Waals surface area contributed by atoms with Gasteiger partial charge in [-0.25, -0.2) is 4.79 Å². The van der Waals surface area contributed by atoms with Crippen LogP contribution in [-0.2, 0) is 0 Å². The van der Waals surface area contributed by atoms with Gasteiger partial charge in [0, 0.05) is 6.04 Å². The molecule has 2 atom stereocenters. The highest BCUT2D eigenvalue weighted by Gasteiger charge is 2.23. The van der Waals surface area contributed by atoms with E-state index in [0.717, 1.165) is 31.6 Å². The Hall–Kier alpha value is -1.29. The van der Waals surface area contributed by atoms with E-state index in [0.29, 0.717) is 6.04 Å². The highest BCUT2D eigenvalue weighted by molar-refractivity contribution is 5.84. The van der Waals surface area contributed by atoms with Gasteiger partial charge < -0.3 is 9.52 Å². The van der Waals surface area contributed by atoms with Crippen molar-refractivity contribution in [1.82, 2.24) is 4.90 Å². The van der Waals surface area contributed by atoms with Crippen molar-refractivity contribution < 1.29 is 14.3 Å². The molecule has 0 saturated heterocycles. The number of nitrogens with zero attached hydrogens (tertiary/aromatic N) is 1. The van der Waals surface area contributed by atoms with Crippen molar-refractivity contribution in [2.75, 3.05) is 6.54 Å². The standard InChI is InChI=1S/C15H25NO3/c1-5-7-10-16(11(3)6-2)12(4)13-8-9-14(19-13)15(17)18/h8-9,11-12H,5-7,10H2,1-4H3,(H,17,18). The second kappa shape index (κ2) is 7.34. The number of furan rings is 1. The first-order valence-corrected chi connectivity index (χ1v) is 7.10. The number of carboxylic acids is 1. The van der Waals surface area contributed by atoms with Crippen molar-refractivity contribution in [2.24, 2.45) is 0 Å². The molecule has 1 N–H and O–H groups in total. The van der Waals surface area contributed by atoms with Gasteiger partial charge in [-0.1, -0.05) is 20.3 Å². The molecule has 0 aliphatic carbocycles. The lowest BCUT2D eigenvalue weighted by molar-refractivity contribution is 0.0652. The summed E-state index contributed by atoms with van der Waals surface area (Å²) in [5.74, 6) is -0.266. The maximum atomic E-state index is 10.9. The molecular weight excluding hydrogens is 242 g/mol. The Morgan fingerprint density at radius 3 is 2.53 bits per heavy atom. The van der Waals surface area contributed by atoms with Gasteiger partial charge in [0.05, 0.1) is 6.04 Å². The molecule has 0 amide bonds. The summed E-state index contributed by atoms with van der Waals surface area (Å²) in [6.45, 7) is 9.63. The number of rotatable bonds is 8. The summed E-state index contributed by atoms with van der Waals surface area (Å²) in [6.07, 6.45) is 3.36. The van der Waals surface area contributed by atoms with Crippen molar-refractivity contribution in [2.45, 2.75) is 59.0 Å². The van der Waals surface area contributed by atoms with Crippen LogP contribution >= 0.6 is 0 Å². The van der Waals surface area contributed by atoms with E-state index in [-0.39, 0.29) is 11.8 Å². The first-order chi connectivity index (χ1) is 9.01. The quantitative estimate of drug-likeness (QED) is 0.775. The molecule has 4 nitrogen and oxygen atoms in total. The summed E-state index contributed by atoms with van der Waals surface area (Å²) in [6, 6.07) is 3.87. The molecule has 19 heavy (non-hydrogen) atoms. The minimum Gasteiger partial charge on any atom is -0.475 e. The molecule has 4 heteroatoms. The van der Waals surface area contributed by atoms with Crippen LogP contribution in [-0.4, -0.2) is 28.6 Å². The Labute approximate surface area is 115 Å². The number of hydrogen-bond donors (Lipinski definition) is 1. The van der Waals surface area contributed by atoms with Crippen molar-refractivity contribution >= 4 is 5.97 Å². The molecule has 2 unspecified atom stereocenters. The van der Waals surface area contributed by atoms with E-state index in [9.17, 15) is 4.79 Å². The zero-order chi connectivity index (χ0) is 14.4. The summed E-state index contributed by atoms with van der Waals surface area (Å²) in [5.41, 5.74) is 0. The number of hydrogen-bond acceptors (Lipinski definition) is 3. The van der Waals surface area contributed by atoms with E-state index in [1.165, 1.54) is 6.07 Å². The van der Waals surface area contributed by atoms with E-state index in [1.54, 1.807) is 6.07 Å². The maximum Gasteiger partial charge on any atom is 0.371 e. The van der Waals surface area contributed by atoms with Gasteiger partial charge in [0.1, 0.15) is 5.76 Å². The lowest BCUT2D eigenvalue weighted by Gasteiger charge is -2.33. The molecule has 1 heterocycles. The van der Waals surface area contributed by atoms with Crippen LogP contribution in [0.3, 0.4) is 0 Å². The summed E-state index contributed by atoms with van der Waals surface area (Å²) in [4.78, 5) is 13.2. The first-order valence-electron chi connectivity index (χ1n) is 7.10. The summed E-state index contributed by atoms with van der Waals surface area (Å²) in [7, 11) is 0. The van der Waals surface area contributed by atoms with Gasteiger partial charge in [0.15, 0.2) is 0 Å². The molecule has 0 radical (unpaired) electrons. The molecule has 1 aromatic rings. The minimum atomic E-state index is -1.01. The van der Waals surface area contributed by atoms with E-state index >= 15 is 0 Å². The molecule has 108 valence electrons. The second-order valence-electron chi connectivity index (χ2n) is 5.03. The average molecular weight is 267 g/mol. The first kappa shape index (κ1) is 15.8. The van der Waals surface area contributed by atoms with Gasteiger partial charge in [-0.3, -0.25) is 4.90 Å². The Morgan fingerprint density at radius 2 is 2.05 bits per heavy atom. The smallest absolute Gasteiger partial charge is 0.371 e. The van der Waals surface area contributed by atoms with Gasteiger partial charge in [-0.2, -0.15) is 0 Å². The topological polar surface area (TPSA) is 53.7 Å². The third-order valence-electron chi connectivity index (χ3n) is 3.67. The van der Waals surface area contributed by atoms with Crippen LogP contribution in [0.1, 0.15) is 69.3 Å². The fourth-order valence-electron chi connectivity index (χ4n) is 2.23. The zero-order valence-corrected chi connectivity index (χ0v) is 12.3. The van der Waals surface area contributed by atoms with Crippen LogP contribution in [0.5, 0.6) is 0 Å². The third kappa shape index (κ3) is 4.10. The van der Waals surface area contributed by atoms with Crippen LogP contribution in [0.2, 0.25) is 0 Å². The van der Waals surface area contributed by atoms with Gasteiger partial charge in [0.25, 0.3) is 0 Å². The Morgan fingerprint density at radius 1 is 1.37 bits per heavy atom. The van der Waals surface area contributed by atoms with E-state index in [1.807, 2.05) is 0 Å². The van der Waals surface area contributed by atoms with Crippen molar-refractivity contribution in [1.29, 1.82) is 0 Å². The molecule has 0 aliphatic heterocycles. The molecule has 0 saturated carbocycles. The van der Waals surface area contributed by atoms with E-state index in [2.05, 4.69) is 32.6 Å². The fraction of sp³-hybridized carbons (Fsp3) is 0.667. The highest BCUT2D eigenvalue weighted by Crippen LogP contribution is 2.26. The summed E-state index contributed by atoms with van der Waals surface area (Å²) < 4.78 is 5.42. The van der Waals surface area contributed by atoms with Crippen LogP contribution < -0.4 is 0 Å². The van der Waals surface area contributed by atoms with Gasteiger partial charge >= 0.3 is 5.97 Å². The SMILES string of the molecule is CCCCN(C(C)CC)C(C)c1ccc(C(=O)O)o1. The van der Waals surface area contributed by atoms with Crippen LogP contribution in [0.25, 0.3) is 0 Å². The number of aromatic carboxylic acids is 1. The van der Waals surface area contributed by atoms with Gasteiger partial charge in [-0.05, 0) is 45.4 Å². The van der Waals surface area contributed by atoms with Crippen molar-refractivity contribution in [3.8, 4) is 0 Å². The predicted molar refractivity (Wildman–Crippen MR) is 75.4 cm³/mol. The number of carboxylic acid groups (broad SMARTS) is 1. The normalized spacial score (nSPS) is 14.6. The number of carbonyl (C=O) groups is 1. The van der Waals surface area contributed by atoms with Gasteiger partial charge in [-0.15, -0.1) is 0 Å². The van der Waals surface area contributed by atoms with Crippen LogP contribution in [0.4, 0.5) is 0 Å². The van der Waals surface area contributed by atoms with E-state index < -0.39 is 5.97 Å². The van der Waals surface area contributed by atoms with E-state index in [4.69, 9.17) is 9.52 Å². The number of unbranched alkanes of at least 4 members (excludes halogenated alkanes) is 1. The van der Waals surface area contributed by atoms with Crippen LogP contribution in [0.15, 0.2) is 16.5 Å². The molecule has 0 aliphatic rings. The monoisotopic (exact) mass is 267 g/mol. The maximum absolute atomic E-state index is 10.9. The molecule has 0 spiro atoms. The minimum absolute atomic E-state index is 0.0152. The van der Waals surface area contributed by atoms with Gasteiger partial charge in [0.2, 0.25) is 5.76 Å². The molecule has 0 aromatic carbocycles. The zero-order valence-electron chi connectivity index (χ0n) is 12.3. The lowest BCUT2D eigenvalue weighted by Crippen LogP contribution is -2.35. The highest BCUT2D eigenvalue weighted by atomic mass is 16.4. The Balaban J connectivity index is 2.84. The summed E-state index contributed by atoms with van der Waals surface area (Å²) >= 11 is 0. The Kier molecular flexibility index (Phi) is 6.09. The predicted octanol–water partition coefficient (Wildman–Crippen LogP) is 3.94. The molecule has 1 rings (SSSR count). The van der Waals surface area contributed by atoms with Crippen LogP contribution in [0, 0.1) is 0 Å². The average Bonchev–Trinajstić information content (AvgIpc) is 2.88. The molecule has 0 fully saturated rings. The van der Waals surface area contributed by atoms with Crippen molar-refractivity contribution in [3.63, 3.8) is 0 Å². The second-order valence-corrected chi connectivity index (χ2v) is 5.03. The Bertz CT molecular complexity index is 400. The summed E-state index contributed by atoms with van der Waals surface area (Å²) in [5, 5.41) is 8.91. The molecule has 0 bridgehead atoms.